The fourth-order valence-electron chi connectivity index (χ4n) is 2.70. The molecule has 0 fully saturated rings. The van der Waals surface area contributed by atoms with Crippen LogP contribution in [0.2, 0.25) is 0 Å². The van der Waals surface area contributed by atoms with E-state index in [9.17, 15) is 4.79 Å². The van der Waals surface area contributed by atoms with Crippen LogP contribution < -0.4 is 5.32 Å². The maximum absolute atomic E-state index is 11.6. The molecular weight excluding hydrogens is 264 g/mol. The predicted octanol–water partition coefficient (Wildman–Crippen LogP) is 1.15. The van der Waals surface area contributed by atoms with E-state index < -0.39 is 0 Å². The summed E-state index contributed by atoms with van der Waals surface area (Å²) in [5.41, 5.74) is 3.55. The largest absolute Gasteiger partial charge is 0.358 e. The number of likely N-dealkylation sites (N-methyl/N-ethyl adjacent to an activating group) is 1. The molecule has 0 bridgehead atoms. The molecule has 0 spiro atoms. The Balaban J connectivity index is 2.26. The third-order valence-electron chi connectivity index (χ3n) is 4.43. The van der Waals surface area contributed by atoms with Crippen LogP contribution in [0, 0.1) is 0 Å². The van der Waals surface area contributed by atoms with E-state index in [1.807, 2.05) is 17.8 Å². The lowest BCUT2D eigenvalue weighted by Gasteiger charge is -2.34. The summed E-state index contributed by atoms with van der Waals surface area (Å²) < 4.78 is 1.93. The van der Waals surface area contributed by atoms with Gasteiger partial charge < -0.3 is 5.32 Å². The van der Waals surface area contributed by atoms with Gasteiger partial charge in [-0.2, -0.15) is 0 Å². The maximum Gasteiger partial charge on any atom is 0.233 e. The van der Waals surface area contributed by atoms with Crippen LogP contribution in [0.15, 0.2) is 12.3 Å². The van der Waals surface area contributed by atoms with Crippen molar-refractivity contribution >= 4 is 12.6 Å². The van der Waals surface area contributed by atoms with Gasteiger partial charge in [-0.05, 0) is 18.6 Å². The lowest BCUT2D eigenvalue weighted by molar-refractivity contribution is -0.532. The lowest BCUT2D eigenvalue weighted by Crippen LogP contribution is -2.41. The van der Waals surface area contributed by atoms with Crippen molar-refractivity contribution in [2.45, 2.75) is 32.4 Å². The molecule has 2 rings (SSSR count). The number of carbonyl (C=O) groups excluding carboxylic acids is 1. The van der Waals surface area contributed by atoms with Crippen LogP contribution in [-0.2, 0) is 11.2 Å². The number of carbonyl (C=O) groups is 1. The zero-order valence-electron chi connectivity index (χ0n) is 13.4. The van der Waals surface area contributed by atoms with Gasteiger partial charge in [-0.1, -0.05) is 0 Å². The van der Waals surface area contributed by atoms with Crippen molar-refractivity contribution in [2.24, 2.45) is 0 Å². The topological polar surface area (TPSA) is 48.2 Å². The van der Waals surface area contributed by atoms with Crippen LogP contribution >= 0.6 is 0 Å². The average molecular weight is 289 g/mol. The van der Waals surface area contributed by atoms with E-state index in [2.05, 4.69) is 41.8 Å². The molecule has 0 aromatic carbocycles. The van der Waals surface area contributed by atoms with E-state index in [0.717, 1.165) is 18.7 Å². The molecule has 114 valence electrons. The quantitative estimate of drug-likeness (QED) is 0.668. The minimum atomic E-state index is 0.0558. The number of amides is 1. The molecule has 21 heavy (non-hydrogen) atoms. The second kappa shape index (κ2) is 6.35. The molecule has 2 heterocycles. The van der Waals surface area contributed by atoms with Gasteiger partial charge in [0.15, 0.2) is 6.04 Å². The molecule has 1 N–H and O–H groups in total. The second-order valence-corrected chi connectivity index (χ2v) is 5.81. The summed E-state index contributed by atoms with van der Waals surface area (Å²) in [4.78, 5) is 18.4. The van der Waals surface area contributed by atoms with E-state index in [1.54, 1.807) is 7.05 Å². The summed E-state index contributed by atoms with van der Waals surface area (Å²) in [5.74, 6) is 0.0558. The molecule has 2 unspecified atom stereocenters. The van der Waals surface area contributed by atoms with Crippen molar-refractivity contribution < 1.29 is 9.37 Å². The molecule has 0 radical (unpaired) electrons. The van der Waals surface area contributed by atoms with Gasteiger partial charge in [-0.3, -0.25) is 14.7 Å². The first-order valence-corrected chi connectivity index (χ1v) is 7.40. The molecule has 1 aliphatic rings. The van der Waals surface area contributed by atoms with Gasteiger partial charge in [-0.15, -0.1) is 0 Å². The third-order valence-corrected chi connectivity index (χ3v) is 4.43. The molecule has 2 atom stereocenters. The maximum atomic E-state index is 11.6. The summed E-state index contributed by atoms with van der Waals surface area (Å²) in [5, 5.41) is 2.69. The van der Waals surface area contributed by atoms with Gasteiger partial charge >= 0.3 is 0 Å². The Labute approximate surface area is 126 Å². The first-order chi connectivity index (χ1) is 9.93. The van der Waals surface area contributed by atoms with E-state index in [4.69, 9.17) is 0 Å². The fourth-order valence-corrected chi connectivity index (χ4v) is 2.70. The first-order valence-electron chi connectivity index (χ1n) is 7.40. The monoisotopic (exact) mass is 289 g/mol. The van der Waals surface area contributed by atoms with Crippen molar-refractivity contribution in [3.63, 3.8) is 0 Å². The van der Waals surface area contributed by atoms with Crippen molar-refractivity contribution in [3.8, 4) is 0 Å². The second-order valence-electron chi connectivity index (χ2n) is 5.81. The standard InChI is InChI=1S/C16H24N4O/c1-11(19(4)5)13-8-14-12(2)20(10-16(21)17-3)7-6-15(14)18-9-13/h8-9,11-12H,4,6-7,10H2,1-3,5H3/p+1. The number of fused-ring (bicyclic) bond motifs is 1. The zero-order chi connectivity index (χ0) is 15.6. The first kappa shape index (κ1) is 15.6. The Morgan fingerprint density at radius 3 is 3.00 bits per heavy atom. The van der Waals surface area contributed by atoms with Crippen LogP contribution in [0.4, 0.5) is 0 Å². The molecule has 0 saturated heterocycles. The Hall–Kier alpha value is -1.75. The zero-order valence-corrected chi connectivity index (χ0v) is 13.4. The van der Waals surface area contributed by atoms with E-state index >= 15 is 0 Å². The molecule has 1 amide bonds. The van der Waals surface area contributed by atoms with Gasteiger partial charge in [0.1, 0.15) is 13.8 Å². The molecular formula is C16H25N4O+. The highest BCUT2D eigenvalue weighted by molar-refractivity contribution is 5.77. The minimum Gasteiger partial charge on any atom is -0.358 e. The van der Waals surface area contributed by atoms with Crippen molar-refractivity contribution in [3.05, 3.63) is 29.1 Å². The highest BCUT2D eigenvalue weighted by Gasteiger charge is 2.27. The summed E-state index contributed by atoms with van der Waals surface area (Å²) in [6, 6.07) is 2.65. The highest BCUT2D eigenvalue weighted by Crippen LogP contribution is 2.30. The smallest absolute Gasteiger partial charge is 0.233 e. The van der Waals surface area contributed by atoms with Crippen LogP contribution in [0.25, 0.3) is 0 Å². The van der Waals surface area contributed by atoms with E-state index in [0.29, 0.717) is 6.54 Å². The average Bonchev–Trinajstić information content (AvgIpc) is 2.48. The third kappa shape index (κ3) is 3.29. The Morgan fingerprint density at radius 2 is 2.38 bits per heavy atom. The van der Waals surface area contributed by atoms with E-state index in [1.165, 1.54) is 11.1 Å². The Morgan fingerprint density at radius 1 is 1.67 bits per heavy atom. The van der Waals surface area contributed by atoms with Gasteiger partial charge in [-0.25, -0.2) is 4.58 Å². The predicted molar refractivity (Wildman–Crippen MR) is 83.7 cm³/mol. The van der Waals surface area contributed by atoms with Crippen LogP contribution in [0.1, 0.15) is 42.8 Å². The number of pyridine rings is 1. The van der Waals surface area contributed by atoms with Gasteiger partial charge in [0.05, 0.1) is 6.54 Å². The molecule has 0 saturated carbocycles. The Bertz CT molecular complexity index is 555. The Kier molecular flexibility index (Phi) is 4.73. The van der Waals surface area contributed by atoms with Crippen LogP contribution in [0.3, 0.4) is 0 Å². The normalized spacial score (nSPS) is 19.7. The molecule has 1 aromatic rings. The molecule has 0 aliphatic carbocycles. The van der Waals surface area contributed by atoms with Gasteiger partial charge in [0, 0.05) is 50.4 Å². The number of rotatable bonds is 4. The van der Waals surface area contributed by atoms with E-state index in [-0.39, 0.29) is 18.0 Å². The van der Waals surface area contributed by atoms with Gasteiger partial charge in [0.2, 0.25) is 5.91 Å². The minimum absolute atomic E-state index is 0.0558. The van der Waals surface area contributed by atoms with Crippen molar-refractivity contribution in [1.82, 2.24) is 15.2 Å². The SMILES string of the molecule is C=[N+](C)C(C)c1cnc2c(c1)C(C)N(CC(=O)NC)CC2. The van der Waals surface area contributed by atoms with Gasteiger partial charge in [0.25, 0.3) is 0 Å². The highest BCUT2D eigenvalue weighted by atomic mass is 16.1. The fraction of sp³-hybridized carbons (Fsp3) is 0.562. The number of hydrogen-bond donors (Lipinski definition) is 1. The summed E-state index contributed by atoms with van der Waals surface area (Å²) in [6.07, 6.45) is 2.85. The number of aromatic nitrogens is 1. The molecule has 1 aliphatic heterocycles. The summed E-state index contributed by atoms with van der Waals surface area (Å²) in [7, 11) is 3.64. The van der Waals surface area contributed by atoms with Crippen LogP contribution in [-0.4, -0.2) is 54.3 Å². The van der Waals surface area contributed by atoms with Crippen molar-refractivity contribution in [2.75, 3.05) is 27.2 Å². The number of hydrogen-bond acceptors (Lipinski definition) is 3. The van der Waals surface area contributed by atoms with Crippen LogP contribution in [0.5, 0.6) is 0 Å². The van der Waals surface area contributed by atoms with Crippen molar-refractivity contribution in [1.29, 1.82) is 0 Å². The summed E-state index contributed by atoms with van der Waals surface area (Å²) in [6.45, 7) is 9.52. The molecule has 1 aromatic heterocycles. The summed E-state index contributed by atoms with van der Waals surface area (Å²) >= 11 is 0. The molecule has 5 heteroatoms. The molecule has 5 nitrogen and oxygen atoms in total. The lowest BCUT2D eigenvalue weighted by atomic mass is 9.95. The number of nitrogens with zero attached hydrogens (tertiary/aromatic N) is 3. The number of nitrogens with one attached hydrogen (secondary N) is 1.